The number of carbonyl (C=O) groups is 1. The maximum Gasteiger partial charge on any atom is 1.00 e. The van der Waals surface area contributed by atoms with Crippen molar-refractivity contribution in [1.29, 1.82) is 0 Å². The fourth-order valence-electron chi connectivity index (χ4n) is 0. The first-order chi connectivity index (χ1) is 4.64. The van der Waals surface area contributed by atoms with Gasteiger partial charge in [-0.15, -0.1) is 0 Å². The molecule has 0 saturated carbocycles. The van der Waals surface area contributed by atoms with Gasteiger partial charge in [0.05, 0.1) is 0 Å². The summed E-state index contributed by atoms with van der Waals surface area (Å²) in [5.74, 6) is -1.19. The molecule has 0 aromatic carbocycles. The Hall–Kier alpha value is 1.30. The van der Waals surface area contributed by atoms with E-state index in [1.54, 1.807) is 0 Å². The van der Waals surface area contributed by atoms with Crippen LogP contribution in [0.25, 0.3) is 0 Å². The number of carboxylic acids is 1. The second-order valence-electron chi connectivity index (χ2n) is 1.42. The molecule has 0 aliphatic rings. The van der Waals surface area contributed by atoms with E-state index in [9.17, 15) is 4.79 Å². The fourth-order valence-corrected chi connectivity index (χ4v) is 0. The molecule has 0 rings (SSSR count). The summed E-state index contributed by atoms with van der Waals surface area (Å²) in [6.45, 7) is 1.20. The Bertz CT molecular complexity index is 202. The van der Waals surface area contributed by atoms with Crippen LogP contribution in [0.4, 0.5) is 0 Å². The average Bonchev–Trinajstić information content (AvgIpc) is 1.59. The van der Waals surface area contributed by atoms with Crippen molar-refractivity contribution in [2.24, 2.45) is 0 Å². The third-order valence-electron chi connectivity index (χ3n) is 0.357. The van der Waals surface area contributed by atoms with E-state index < -0.39 is 22.5 Å². The van der Waals surface area contributed by atoms with Crippen LogP contribution in [0, 0.1) is 0 Å². The molecule has 10 heteroatoms. The number of hydrogen-bond donors (Lipinski definition) is 2. The Balaban J connectivity index is -0.0000000546. The summed E-state index contributed by atoms with van der Waals surface area (Å²) in [7, 11) is -5.17. The Kier molecular flexibility index (Phi) is 20.9. The predicted molar refractivity (Wildman–Crippen MR) is 29.8 cm³/mol. The Morgan fingerprint density at radius 1 is 1.31 bits per heavy atom. The van der Waals surface area contributed by atoms with Gasteiger partial charge >= 0.3 is 65.1 Å². The van der Waals surface area contributed by atoms with E-state index in [4.69, 9.17) is 27.7 Å². The van der Waals surface area contributed by atoms with E-state index in [1.165, 1.54) is 6.92 Å². The van der Waals surface area contributed by atoms with E-state index in [0.29, 0.717) is 0 Å². The first-order valence-electron chi connectivity index (χ1n) is 2.22. The Morgan fingerprint density at radius 2 is 1.38 bits per heavy atom. The van der Waals surface area contributed by atoms with Crippen molar-refractivity contribution in [2.75, 3.05) is 0 Å². The second-order valence-corrected chi connectivity index (χ2v) is 2.24. The Morgan fingerprint density at radius 3 is 1.38 bits per heavy atom. The molecule has 0 aromatic heterocycles. The van der Waals surface area contributed by atoms with Crippen LogP contribution in [-0.4, -0.2) is 39.8 Å². The van der Waals surface area contributed by atoms with Crippen molar-refractivity contribution in [1.82, 2.24) is 0 Å². The predicted octanol–water partition coefficient (Wildman–Crippen LogP) is -7.88. The van der Waals surface area contributed by atoms with Crippen LogP contribution in [0.3, 0.4) is 0 Å². The van der Waals surface area contributed by atoms with Gasteiger partial charge in [0.25, 0.3) is 0 Å². The molecule has 0 aliphatic heterocycles. The minimum atomic E-state index is -5.17. The summed E-state index contributed by atoms with van der Waals surface area (Å²) >= 11 is 0. The zero-order chi connectivity index (χ0) is 9.65. The molecule has 0 bridgehead atoms. The Labute approximate surface area is 120 Å². The third-order valence-corrected chi connectivity index (χ3v) is 0.357. The van der Waals surface area contributed by atoms with Gasteiger partial charge in [-0.05, 0) is 6.92 Å². The topological polar surface area (TPSA) is 138 Å². The number of aliphatic hydroxyl groups is 1. The summed E-state index contributed by atoms with van der Waals surface area (Å²) in [6.07, 6.45) is -1.23. The van der Waals surface area contributed by atoms with Crippen LogP contribution in [-0.2, 0) is 15.2 Å². The summed E-state index contributed by atoms with van der Waals surface area (Å²) < 4.78 is 34.1. The number of aliphatic carboxylic acids is 1. The molecule has 1 unspecified atom stereocenters. The van der Waals surface area contributed by atoms with E-state index in [1.807, 2.05) is 0 Å². The molecule has 0 amide bonds. The summed E-state index contributed by atoms with van der Waals surface area (Å²) in [5, 5.41) is 15.8. The maximum atomic E-state index is 9.45. The maximum absolute atomic E-state index is 9.45. The van der Waals surface area contributed by atoms with Crippen LogP contribution in [0.5, 0.6) is 0 Å². The molecule has 0 fully saturated rings. The van der Waals surface area contributed by atoms with Crippen LogP contribution >= 0.6 is 0 Å². The van der Waals surface area contributed by atoms with Gasteiger partial charge in [0.1, 0.15) is 6.10 Å². The van der Waals surface area contributed by atoms with Gasteiger partial charge in [-0.2, -0.15) is 0 Å². The second kappa shape index (κ2) is 11.4. The fraction of sp³-hybridized carbons (Fsp3) is 0.667. The van der Waals surface area contributed by atoms with Crippen LogP contribution in [0.1, 0.15) is 6.92 Å². The molecule has 68 valence electrons. The molecule has 7 nitrogen and oxygen atoms in total. The molecule has 0 aliphatic carbocycles. The molecular weight excluding hydrogens is 226 g/mol. The number of rotatable bonds is 1. The molecule has 0 radical (unpaired) electrons. The van der Waals surface area contributed by atoms with E-state index >= 15 is 0 Å². The van der Waals surface area contributed by atoms with Crippen molar-refractivity contribution in [3.63, 3.8) is 0 Å². The normalized spacial score (nSPS) is 10.8. The van der Waals surface area contributed by atoms with Crippen LogP contribution in [0.15, 0.2) is 0 Å². The molecule has 1 atom stereocenters. The molecular formula is C3H6Na2O7S. The third kappa shape index (κ3) is 60.5. The minimum Gasteiger partial charge on any atom is -0.759 e. The van der Waals surface area contributed by atoms with Gasteiger partial charge in [0.2, 0.25) is 0 Å². The van der Waals surface area contributed by atoms with E-state index in [-0.39, 0.29) is 59.1 Å². The minimum absolute atomic E-state index is 0. The van der Waals surface area contributed by atoms with Crippen molar-refractivity contribution >= 4 is 16.4 Å². The summed E-state index contributed by atoms with van der Waals surface area (Å²) in [4.78, 5) is 9.45. The zero-order valence-corrected chi connectivity index (χ0v) is 12.2. The largest absolute Gasteiger partial charge is 1.00 e. The summed E-state index contributed by atoms with van der Waals surface area (Å²) in [6, 6.07) is 0. The average molecular weight is 232 g/mol. The zero-order valence-electron chi connectivity index (χ0n) is 7.42. The van der Waals surface area contributed by atoms with Crippen molar-refractivity contribution in [3.8, 4) is 0 Å². The number of carboxylic acid groups (broad SMARTS) is 1. The van der Waals surface area contributed by atoms with E-state index in [2.05, 4.69) is 0 Å². The van der Waals surface area contributed by atoms with Gasteiger partial charge in [0.15, 0.2) is 0 Å². The van der Waals surface area contributed by atoms with E-state index in [0.717, 1.165) is 0 Å². The van der Waals surface area contributed by atoms with Gasteiger partial charge < -0.3 is 19.3 Å². The summed E-state index contributed by atoms with van der Waals surface area (Å²) in [5.41, 5.74) is 0. The monoisotopic (exact) mass is 232 g/mol. The molecule has 2 N–H and O–H groups in total. The van der Waals surface area contributed by atoms with Gasteiger partial charge in [-0.3, -0.25) is 8.42 Å². The number of hydrogen-bond acceptors (Lipinski definition) is 6. The van der Waals surface area contributed by atoms with Gasteiger partial charge in [-0.25, -0.2) is 4.79 Å². The molecule has 0 spiro atoms. The van der Waals surface area contributed by atoms with Crippen LogP contribution < -0.4 is 59.1 Å². The SMILES string of the molecule is CC(O)C(=O)O.O=S(=O)([O-])[O-].[Na+].[Na+]. The van der Waals surface area contributed by atoms with Crippen molar-refractivity contribution < 1.29 is 91.6 Å². The molecule has 0 heterocycles. The molecule has 13 heavy (non-hydrogen) atoms. The van der Waals surface area contributed by atoms with Crippen LogP contribution in [0.2, 0.25) is 0 Å². The van der Waals surface area contributed by atoms with Gasteiger partial charge in [0, 0.05) is 10.4 Å². The molecule has 0 saturated heterocycles. The molecule has 0 aromatic rings. The first-order valence-corrected chi connectivity index (χ1v) is 3.55. The standard InChI is InChI=1S/C3H6O3.2Na.H2O4S/c1-2(4)3(5)6;;;1-5(2,3)4/h2,4H,1H3,(H,5,6);;;(H2,1,2,3,4)/q;2*+1;/p-2. The smallest absolute Gasteiger partial charge is 0.759 e. The van der Waals surface area contributed by atoms with Crippen molar-refractivity contribution in [3.05, 3.63) is 0 Å². The number of aliphatic hydroxyl groups excluding tert-OH is 1. The quantitative estimate of drug-likeness (QED) is 0.260. The first kappa shape index (κ1) is 23.8. The van der Waals surface area contributed by atoms with Gasteiger partial charge in [-0.1, -0.05) is 0 Å². The van der Waals surface area contributed by atoms with Crippen molar-refractivity contribution in [2.45, 2.75) is 13.0 Å².